The Morgan fingerprint density at radius 1 is 1.16 bits per heavy atom. The third-order valence-corrected chi connectivity index (χ3v) is 7.75. The average Bonchev–Trinajstić information content (AvgIpc) is 3.12. The molecule has 1 fully saturated rings. The molecule has 0 saturated carbocycles. The molecular weight excluding hydrogens is 492 g/mol. The Hall–Kier alpha value is -2.10. The van der Waals surface area contributed by atoms with Crippen LogP contribution in [0, 0.1) is 0 Å². The number of rotatable bonds is 7. The molecule has 3 heterocycles. The number of piperidine rings is 1. The second kappa shape index (κ2) is 9.41. The maximum absolute atomic E-state index is 12.9. The predicted octanol–water partition coefficient (Wildman–Crippen LogP) is 5.14. The number of nitrogens with one attached hydrogen (secondary N) is 1. The average molecular weight is 521 g/mol. The van der Waals surface area contributed by atoms with Gasteiger partial charge in [0.05, 0.1) is 11.8 Å². The summed E-state index contributed by atoms with van der Waals surface area (Å²) in [5.74, 6) is 1.03. The van der Waals surface area contributed by atoms with Crippen molar-refractivity contribution in [2.45, 2.75) is 52.2 Å². The van der Waals surface area contributed by atoms with Gasteiger partial charge in [0.1, 0.15) is 16.0 Å². The lowest BCUT2D eigenvalue weighted by Crippen LogP contribution is -2.41. The molecule has 4 rings (SSSR count). The van der Waals surface area contributed by atoms with Crippen LogP contribution in [0.5, 0.6) is 5.75 Å². The molecule has 0 atom stereocenters. The molecule has 0 bridgehead atoms. The molecule has 9 heteroatoms. The van der Waals surface area contributed by atoms with E-state index in [4.69, 9.17) is 4.74 Å². The van der Waals surface area contributed by atoms with Crippen LogP contribution >= 0.6 is 15.9 Å². The summed E-state index contributed by atoms with van der Waals surface area (Å²) in [6.45, 7) is 7.83. The Morgan fingerprint density at radius 2 is 1.84 bits per heavy atom. The molecule has 0 amide bonds. The number of benzene rings is 1. The molecule has 0 unspecified atom stereocenters. The van der Waals surface area contributed by atoms with E-state index < -0.39 is 10.2 Å². The fraction of sp³-hybridized carbons (Fsp3) is 0.435. The van der Waals surface area contributed by atoms with E-state index in [1.807, 2.05) is 19.9 Å². The number of nitrogens with zero attached hydrogens (tertiary/aromatic N) is 3. The Kier molecular flexibility index (Phi) is 6.78. The Labute approximate surface area is 198 Å². The van der Waals surface area contributed by atoms with E-state index in [9.17, 15) is 8.42 Å². The van der Waals surface area contributed by atoms with E-state index in [0.717, 1.165) is 40.8 Å². The lowest BCUT2D eigenvalue weighted by molar-refractivity contribution is 0.242. The minimum Gasteiger partial charge on any atom is -0.491 e. The molecule has 1 aliphatic rings. The summed E-state index contributed by atoms with van der Waals surface area (Å²) in [5.41, 5.74) is 2.76. The van der Waals surface area contributed by atoms with Gasteiger partial charge in [-0.25, -0.2) is 4.98 Å². The van der Waals surface area contributed by atoms with Crippen molar-refractivity contribution < 1.29 is 13.2 Å². The van der Waals surface area contributed by atoms with Gasteiger partial charge in [-0.05, 0) is 97.4 Å². The highest BCUT2D eigenvalue weighted by molar-refractivity contribution is 9.10. The largest absolute Gasteiger partial charge is 0.491 e. The maximum atomic E-state index is 12.9. The number of hydrogen-bond acceptors (Lipinski definition) is 4. The molecular formula is C23H29BrN4O3S. The van der Waals surface area contributed by atoms with Crippen molar-refractivity contribution in [3.8, 4) is 5.75 Å². The van der Waals surface area contributed by atoms with Crippen LogP contribution in [0.3, 0.4) is 0 Å². The van der Waals surface area contributed by atoms with E-state index in [1.165, 1.54) is 9.87 Å². The van der Waals surface area contributed by atoms with Crippen molar-refractivity contribution in [2.75, 3.05) is 17.8 Å². The van der Waals surface area contributed by atoms with Gasteiger partial charge in [-0.15, -0.1) is 0 Å². The molecule has 7 nitrogen and oxygen atoms in total. The highest BCUT2D eigenvalue weighted by atomic mass is 79.9. The first-order valence-corrected chi connectivity index (χ1v) is 13.2. The van der Waals surface area contributed by atoms with E-state index >= 15 is 0 Å². The molecule has 3 aromatic rings. The number of fused-ring (bicyclic) bond motifs is 1. The van der Waals surface area contributed by atoms with Gasteiger partial charge in [0.2, 0.25) is 0 Å². The van der Waals surface area contributed by atoms with E-state index in [2.05, 4.69) is 49.4 Å². The normalized spacial score (nSPS) is 16.0. The molecule has 32 heavy (non-hydrogen) atoms. The number of anilines is 1. The zero-order chi connectivity index (χ0) is 22.9. The van der Waals surface area contributed by atoms with Crippen LogP contribution in [0.2, 0.25) is 0 Å². The maximum Gasteiger partial charge on any atom is 0.301 e. The molecule has 172 valence electrons. The molecule has 1 N–H and O–H groups in total. The summed E-state index contributed by atoms with van der Waals surface area (Å²) in [6.07, 6.45) is 3.81. The van der Waals surface area contributed by atoms with Gasteiger partial charge in [0.25, 0.3) is 0 Å². The highest BCUT2D eigenvalue weighted by Crippen LogP contribution is 2.35. The first-order valence-electron chi connectivity index (χ1n) is 11.0. The third-order valence-electron chi connectivity index (χ3n) is 5.77. The van der Waals surface area contributed by atoms with Crippen LogP contribution in [0.25, 0.3) is 11.0 Å². The smallest absolute Gasteiger partial charge is 0.301 e. The standard InChI is InChI=1S/C23H29BrN4O3S/c1-4-27-15-21(20-9-10-22(24)25-23(20)27)17-11-13-28(14-12-17)32(29,30)26-18-5-7-19(8-6-18)31-16(2)3/h5-10,15-17,26H,4,11-14H2,1-3H3. The Bertz CT molecular complexity index is 1180. The van der Waals surface area contributed by atoms with E-state index in [0.29, 0.717) is 24.7 Å². The zero-order valence-corrected chi connectivity index (χ0v) is 21.0. The topological polar surface area (TPSA) is 76.5 Å². The summed E-state index contributed by atoms with van der Waals surface area (Å²) >= 11 is 3.46. The Morgan fingerprint density at radius 3 is 2.47 bits per heavy atom. The molecule has 1 aliphatic heterocycles. The third kappa shape index (κ3) is 4.94. The molecule has 1 aromatic carbocycles. The van der Waals surface area contributed by atoms with Gasteiger partial charge < -0.3 is 9.30 Å². The minimum atomic E-state index is -3.61. The number of aryl methyl sites for hydroxylation is 1. The van der Waals surface area contributed by atoms with Gasteiger partial charge in [-0.2, -0.15) is 12.7 Å². The molecule has 0 radical (unpaired) electrons. The van der Waals surface area contributed by atoms with E-state index in [1.54, 1.807) is 24.3 Å². The van der Waals surface area contributed by atoms with Gasteiger partial charge in [-0.3, -0.25) is 4.72 Å². The molecule has 0 spiro atoms. The van der Waals surface area contributed by atoms with Crippen molar-refractivity contribution in [3.63, 3.8) is 0 Å². The summed E-state index contributed by atoms with van der Waals surface area (Å²) < 4.78 is 38.7. The monoisotopic (exact) mass is 520 g/mol. The SMILES string of the molecule is CCn1cc(C2CCN(S(=O)(=O)Nc3ccc(OC(C)C)cc3)CC2)c2ccc(Br)nc21. The summed E-state index contributed by atoms with van der Waals surface area (Å²) in [5, 5.41) is 1.15. The number of halogens is 1. The van der Waals surface area contributed by atoms with Crippen molar-refractivity contribution in [2.24, 2.45) is 0 Å². The number of aromatic nitrogens is 2. The van der Waals surface area contributed by atoms with Crippen LogP contribution in [-0.2, 0) is 16.8 Å². The first kappa shape index (κ1) is 23.1. The highest BCUT2D eigenvalue weighted by Gasteiger charge is 2.30. The quantitative estimate of drug-likeness (QED) is 0.437. The minimum absolute atomic E-state index is 0.0718. The predicted molar refractivity (Wildman–Crippen MR) is 131 cm³/mol. The second-order valence-corrected chi connectivity index (χ2v) is 10.8. The zero-order valence-electron chi connectivity index (χ0n) is 18.6. The number of hydrogen-bond donors (Lipinski definition) is 1. The lowest BCUT2D eigenvalue weighted by Gasteiger charge is -2.31. The van der Waals surface area contributed by atoms with Crippen LogP contribution in [0.4, 0.5) is 5.69 Å². The summed E-state index contributed by atoms with van der Waals surface area (Å²) in [6, 6.07) is 11.1. The fourth-order valence-corrected chi connectivity index (χ4v) is 5.78. The summed E-state index contributed by atoms with van der Waals surface area (Å²) in [4.78, 5) is 4.64. The van der Waals surface area contributed by atoms with Crippen LogP contribution in [-0.4, -0.2) is 41.5 Å². The van der Waals surface area contributed by atoms with Crippen LogP contribution in [0.15, 0.2) is 47.2 Å². The first-order chi connectivity index (χ1) is 15.3. The van der Waals surface area contributed by atoms with Crippen molar-refractivity contribution in [3.05, 3.63) is 52.8 Å². The lowest BCUT2D eigenvalue weighted by atomic mass is 9.90. The Balaban J connectivity index is 1.43. The van der Waals surface area contributed by atoms with Gasteiger partial charge in [0.15, 0.2) is 0 Å². The van der Waals surface area contributed by atoms with Gasteiger partial charge >= 0.3 is 10.2 Å². The van der Waals surface area contributed by atoms with Crippen LogP contribution in [0.1, 0.15) is 45.1 Å². The van der Waals surface area contributed by atoms with E-state index in [-0.39, 0.29) is 6.10 Å². The van der Waals surface area contributed by atoms with Crippen LogP contribution < -0.4 is 9.46 Å². The number of pyridine rings is 1. The van der Waals surface area contributed by atoms with Gasteiger partial charge in [-0.1, -0.05) is 0 Å². The molecule has 0 aliphatic carbocycles. The molecule has 2 aromatic heterocycles. The second-order valence-electron chi connectivity index (χ2n) is 8.35. The number of ether oxygens (including phenoxy) is 1. The fourth-order valence-electron chi connectivity index (χ4n) is 4.23. The van der Waals surface area contributed by atoms with Crippen molar-refractivity contribution >= 4 is 42.9 Å². The van der Waals surface area contributed by atoms with Gasteiger partial charge in [0, 0.05) is 31.2 Å². The van der Waals surface area contributed by atoms with Crippen molar-refractivity contribution in [1.29, 1.82) is 0 Å². The molecule has 1 saturated heterocycles. The summed E-state index contributed by atoms with van der Waals surface area (Å²) in [7, 11) is -3.61. The van der Waals surface area contributed by atoms with Crippen molar-refractivity contribution in [1.82, 2.24) is 13.9 Å².